The number of halogens is 10. The predicted molar refractivity (Wildman–Crippen MR) is 145 cm³/mol. The zero-order valence-corrected chi connectivity index (χ0v) is 23.6. The molecule has 0 aromatic heterocycles. The highest BCUT2D eigenvalue weighted by molar-refractivity contribution is 5.55. The van der Waals surface area contributed by atoms with Gasteiger partial charge in [0.15, 0.2) is 46.5 Å². The minimum absolute atomic E-state index is 0.111. The molecule has 0 amide bonds. The summed E-state index contributed by atoms with van der Waals surface area (Å²) in [5.74, 6) is -28.7. The van der Waals surface area contributed by atoms with Crippen molar-refractivity contribution in [1.29, 1.82) is 0 Å². The molecule has 0 unspecified atom stereocenters. The number of hydrogen-bond donors (Lipinski definition) is 0. The molecule has 1 fully saturated rings. The highest BCUT2D eigenvalue weighted by atomic mass is 19.2. The van der Waals surface area contributed by atoms with Crippen LogP contribution < -0.4 is 9.80 Å². The van der Waals surface area contributed by atoms with Crippen molar-refractivity contribution in [2.24, 2.45) is 0 Å². The first-order chi connectivity index (χ1) is 20.7. The Morgan fingerprint density at radius 2 is 0.568 bits per heavy atom. The lowest BCUT2D eigenvalue weighted by Crippen LogP contribution is -2.42. The van der Waals surface area contributed by atoms with E-state index in [-0.39, 0.29) is 11.1 Å². The number of nitrogens with zero attached hydrogens (tertiary/aromatic N) is 2. The average Bonchev–Trinajstić information content (AvgIpc) is 3.00. The van der Waals surface area contributed by atoms with Gasteiger partial charge in [0, 0.05) is 62.5 Å². The molecule has 2 nitrogen and oxygen atoms in total. The Bertz CT molecular complexity index is 1540. The molecule has 0 N–H and O–H groups in total. The lowest BCUT2D eigenvalue weighted by Gasteiger charge is -2.53. The fourth-order valence-corrected chi connectivity index (χ4v) is 6.11. The van der Waals surface area contributed by atoms with Crippen LogP contribution >= 0.6 is 0 Å². The van der Waals surface area contributed by atoms with Gasteiger partial charge in [-0.2, -0.15) is 0 Å². The third-order valence-electron chi connectivity index (χ3n) is 8.29. The largest absolute Gasteiger partial charge is 0.378 e. The standard InChI is InChI=1S/C32H24F10N2/c1-43(2)15-9-5-13(6-10-15)17-19(21-23(33)27(37)31(41)28(38)24(21)34)18(14-7-11-16(12-8-14)44(3)4)20(17)22-25(35)29(39)32(42)30(40)26(22)36/h5-12,17-20H,1-4H3. The van der Waals surface area contributed by atoms with Gasteiger partial charge in [0.05, 0.1) is 0 Å². The zero-order valence-electron chi connectivity index (χ0n) is 23.6. The van der Waals surface area contributed by atoms with Gasteiger partial charge in [-0.25, -0.2) is 43.9 Å². The quantitative estimate of drug-likeness (QED) is 0.120. The Morgan fingerprint density at radius 1 is 0.341 bits per heavy atom. The molecule has 44 heavy (non-hydrogen) atoms. The highest BCUT2D eigenvalue weighted by Gasteiger charge is 2.57. The predicted octanol–water partition coefficient (Wildman–Crippen LogP) is 8.66. The maximum Gasteiger partial charge on any atom is 0.200 e. The minimum Gasteiger partial charge on any atom is -0.378 e. The summed E-state index contributed by atoms with van der Waals surface area (Å²) in [4.78, 5) is 3.37. The molecular weight excluding hydrogens is 602 g/mol. The molecular formula is C32H24F10N2. The molecule has 1 aliphatic rings. The molecule has 0 spiro atoms. The van der Waals surface area contributed by atoms with Gasteiger partial charge in [-0.3, -0.25) is 0 Å². The molecule has 0 heterocycles. The Balaban J connectivity index is 1.85. The summed E-state index contributed by atoms with van der Waals surface area (Å²) in [6, 6.07) is 11.7. The second kappa shape index (κ2) is 11.4. The van der Waals surface area contributed by atoms with E-state index in [0.717, 1.165) is 0 Å². The molecule has 12 heteroatoms. The average molecular weight is 627 g/mol. The fourth-order valence-electron chi connectivity index (χ4n) is 6.11. The number of hydrogen-bond acceptors (Lipinski definition) is 2. The lowest BCUT2D eigenvalue weighted by atomic mass is 9.49. The summed E-state index contributed by atoms with van der Waals surface area (Å²) >= 11 is 0. The third kappa shape index (κ3) is 4.75. The van der Waals surface area contributed by atoms with E-state index in [9.17, 15) is 26.3 Å². The molecule has 0 saturated heterocycles. The second-order valence-electron chi connectivity index (χ2n) is 11.0. The summed E-state index contributed by atoms with van der Waals surface area (Å²) in [5.41, 5.74) is -1.07. The maximum absolute atomic E-state index is 15.4. The third-order valence-corrected chi connectivity index (χ3v) is 8.29. The van der Waals surface area contributed by atoms with Crippen molar-refractivity contribution in [1.82, 2.24) is 0 Å². The molecule has 4 aromatic rings. The van der Waals surface area contributed by atoms with Crippen molar-refractivity contribution in [3.8, 4) is 0 Å². The molecule has 0 aliphatic heterocycles. The second-order valence-corrected chi connectivity index (χ2v) is 11.0. The Morgan fingerprint density at radius 3 is 0.795 bits per heavy atom. The van der Waals surface area contributed by atoms with E-state index in [4.69, 9.17) is 0 Å². The van der Waals surface area contributed by atoms with Crippen molar-refractivity contribution in [3.05, 3.63) is 129 Å². The first-order valence-electron chi connectivity index (χ1n) is 13.3. The van der Waals surface area contributed by atoms with Gasteiger partial charge in [-0.05, 0) is 47.2 Å². The van der Waals surface area contributed by atoms with Gasteiger partial charge in [-0.15, -0.1) is 0 Å². The summed E-state index contributed by atoms with van der Waals surface area (Å²) in [6.07, 6.45) is 0. The van der Waals surface area contributed by atoms with Crippen LogP contribution in [-0.4, -0.2) is 28.2 Å². The molecule has 1 aliphatic carbocycles. The zero-order chi connectivity index (χ0) is 32.4. The SMILES string of the molecule is CN(C)c1ccc(C2C(c3c(F)c(F)c(F)c(F)c3F)C(c3ccc(N(C)C)cc3)C2c2c(F)c(F)c(F)c(F)c2F)cc1. The molecule has 0 radical (unpaired) electrons. The first kappa shape index (κ1) is 31.2. The molecule has 5 rings (SSSR count). The van der Waals surface area contributed by atoms with Crippen LogP contribution in [0.25, 0.3) is 0 Å². The number of rotatable bonds is 6. The van der Waals surface area contributed by atoms with Gasteiger partial charge in [0.25, 0.3) is 0 Å². The van der Waals surface area contributed by atoms with Crippen LogP contribution in [0, 0.1) is 58.2 Å². The summed E-state index contributed by atoms with van der Waals surface area (Å²) < 4.78 is 148. The maximum atomic E-state index is 15.4. The minimum atomic E-state index is -2.40. The van der Waals surface area contributed by atoms with E-state index < -0.39 is 93.0 Å². The fraction of sp³-hybridized carbons (Fsp3) is 0.250. The normalized spacial score (nSPS) is 19.6. The van der Waals surface area contributed by atoms with Crippen molar-refractivity contribution in [2.75, 3.05) is 38.0 Å². The number of anilines is 2. The van der Waals surface area contributed by atoms with E-state index in [1.807, 2.05) is 0 Å². The van der Waals surface area contributed by atoms with Crippen molar-refractivity contribution < 1.29 is 43.9 Å². The Labute approximate surface area is 246 Å². The topological polar surface area (TPSA) is 6.48 Å². The van der Waals surface area contributed by atoms with Crippen molar-refractivity contribution in [3.63, 3.8) is 0 Å². The van der Waals surface area contributed by atoms with E-state index in [1.165, 1.54) is 48.5 Å². The molecule has 4 aromatic carbocycles. The molecule has 1 saturated carbocycles. The van der Waals surface area contributed by atoms with Crippen LogP contribution in [0.2, 0.25) is 0 Å². The van der Waals surface area contributed by atoms with Gasteiger partial charge in [-0.1, -0.05) is 24.3 Å². The molecule has 232 valence electrons. The van der Waals surface area contributed by atoms with Gasteiger partial charge in [0.2, 0.25) is 11.6 Å². The van der Waals surface area contributed by atoms with Gasteiger partial charge in [0.1, 0.15) is 0 Å². The van der Waals surface area contributed by atoms with Gasteiger partial charge >= 0.3 is 0 Å². The van der Waals surface area contributed by atoms with Crippen LogP contribution in [0.4, 0.5) is 55.3 Å². The molecule has 0 atom stereocenters. The Kier molecular flexibility index (Phi) is 8.06. The highest BCUT2D eigenvalue weighted by Crippen LogP contribution is 2.68. The Hall–Kier alpha value is -4.22. The van der Waals surface area contributed by atoms with E-state index in [0.29, 0.717) is 11.4 Å². The summed E-state index contributed by atoms with van der Waals surface area (Å²) in [7, 11) is 6.78. The van der Waals surface area contributed by atoms with Crippen LogP contribution in [0.15, 0.2) is 48.5 Å². The smallest absolute Gasteiger partial charge is 0.200 e. The number of benzene rings is 4. The van der Waals surface area contributed by atoms with E-state index >= 15 is 17.6 Å². The van der Waals surface area contributed by atoms with Gasteiger partial charge < -0.3 is 9.80 Å². The lowest BCUT2D eigenvalue weighted by molar-refractivity contribution is 0.199. The van der Waals surface area contributed by atoms with E-state index in [2.05, 4.69) is 0 Å². The molecule has 0 bridgehead atoms. The van der Waals surface area contributed by atoms with Crippen LogP contribution in [0.3, 0.4) is 0 Å². The summed E-state index contributed by atoms with van der Waals surface area (Å²) in [5, 5.41) is 0. The first-order valence-corrected chi connectivity index (χ1v) is 13.3. The monoisotopic (exact) mass is 626 g/mol. The van der Waals surface area contributed by atoms with E-state index in [1.54, 1.807) is 38.0 Å². The van der Waals surface area contributed by atoms with Crippen molar-refractivity contribution >= 4 is 11.4 Å². The van der Waals surface area contributed by atoms with Crippen LogP contribution in [0.1, 0.15) is 45.9 Å². The van der Waals surface area contributed by atoms with Crippen molar-refractivity contribution in [2.45, 2.75) is 23.7 Å². The van der Waals surface area contributed by atoms with Crippen LogP contribution in [0.5, 0.6) is 0 Å². The summed E-state index contributed by atoms with van der Waals surface area (Å²) in [6.45, 7) is 0. The van der Waals surface area contributed by atoms with Crippen LogP contribution in [-0.2, 0) is 0 Å².